The van der Waals surface area contributed by atoms with E-state index in [0.717, 1.165) is 28.8 Å². The topological polar surface area (TPSA) is 50.4 Å². The van der Waals surface area contributed by atoms with Crippen molar-refractivity contribution in [2.45, 2.75) is 19.4 Å². The van der Waals surface area contributed by atoms with Crippen LogP contribution in [0.1, 0.15) is 12.0 Å². The zero-order chi connectivity index (χ0) is 12.3. The van der Waals surface area contributed by atoms with Crippen molar-refractivity contribution in [1.29, 1.82) is 0 Å². The summed E-state index contributed by atoms with van der Waals surface area (Å²) in [5.74, 6) is 0. The second-order valence-electron chi connectivity index (χ2n) is 4.12. The van der Waals surface area contributed by atoms with Crippen LogP contribution < -0.4 is 10.6 Å². The molecule has 92 valence electrons. The van der Waals surface area contributed by atoms with E-state index in [1.54, 1.807) is 0 Å². The molecule has 0 aromatic heterocycles. The largest absolute Gasteiger partial charge is 0.379 e. The van der Waals surface area contributed by atoms with E-state index in [9.17, 15) is 4.79 Å². The van der Waals surface area contributed by atoms with Crippen LogP contribution in [-0.2, 0) is 4.74 Å². The fraction of sp³-hybridized carbons (Fsp3) is 0.417. The summed E-state index contributed by atoms with van der Waals surface area (Å²) in [5, 5.41) is 5.67. The lowest BCUT2D eigenvalue weighted by molar-refractivity contribution is 0.189. The molecule has 1 unspecified atom stereocenters. The predicted molar refractivity (Wildman–Crippen MR) is 70.3 cm³/mol. The molecule has 0 aliphatic carbocycles. The third kappa shape index (κ3) is 3.44. The van der Waals surface area contributed by atoms with E-state index in [0.29, 0.717) is 6.61 Å². The van der Waals surface area contributed by atoms with Gasteiger partial charge < -0.3 is 15.4 Å². The number of nitrogens with one attached hydrogen (secondary N) is 2. The van der Waals surface area contributed by atoms with Crippen molar-refractivity contribution in [2.24, 2.45) is 0 Å². The monoisotopic (exact) mass is 298 g/mol. The van der Waals surface area contributed by atoms with E-state index in [-0.39, 0.29) is 12.1 Å². The standard InChI is InChI=1S/C12H15BrN2O2/c1-8-2-3-9(6-11(8)13)14-12(16)15-10-4-5-17-7-10/h2-3,6,10H,4-5,7H2,1H3,(H2,14,15,16). The molecule has 5 heteroatoms. The van der Waals surface area contributed by atoms with Crippen LogP contribution in [0.4, 0.5) is 10.5 Å². The quantitative estimate of drug-likeness (QED) is 0.882. The minimum absolute atomic E-state index is 0.129. The van der Waals surface area contributed by atoms with Gasteiger partial charge in [-0.05, 0) is 31.0 Å². The highest BCUT2D eigenvalue weighted by Gasteiger charge is 2.17. The highest BCUT2D eigenvalue weighted by molar-refractivity contribution is 9.10. The van der Waals surface area contributed by atoms with Crippen molar-refractivity contribution >= 4 is 27.6 Å². The number of urea groups is 1. The molecule has 2 rings (SSSR count). The average molecular weight is 299 g/mol. The van der Waals surface area contributed by atoms with Gasteiger partial charge in [0, 0.05) is 16.8 Å². The van der Waals surface area contributed by atoms with Crippen molar-refractivity contribution in [1.82, 2.24) is 5.32 Å². The van der Waals surface area contributed by atoms with Gasteiger partial charge in [0.1, 0.15) is 0 Å². The number of rotatable bonds is 2. The lowest BCUT2D eigenvalue weighted by atomic mass is 10.2. The van der Waals surface area contributed by atoms with Crippen molar-refractivity contribution in [3.63, 3.8) is 0 Å². The third-order valence-corrected chi connectivity index (χ3v) is 3.55. The van der Waals surface area contributed by atoms with E-state index in [4.69, 9.17) is 4.74 Å². The van der Waals surface area contributed by atoms with E-state index >= 15 is 0 Å². The predicted octanol–water partition coefficient (Wildman–Crippen LogP) is 2.67. The Bertz CT molecular complexity index is 417. The lowest BCUT2D eigenvalue weighted by Gasteiger charge is -2.12. The van der Waals surface area contributed by atoms with E-state index in [1.165, 1.54) is 0 Å². The number of amides is 2. The molecule has 1 heterocycles. The number of hydrogen-bond donors (Lipinski definition) is 2. The first-order chi connectivity index (χ1) is 8.15. The summed E-state index contributed by atoms with van der Waals surface area (Å²) >= 11 is 3.43. The Labute approximate surface area is 109 Å². The molecule has 1 atom stereocenters. The van der Waals surface area contributed by atoms with Crippen molar-refractivity contribution in [2.75, 3.05) is 18.5 Å². The minimum atomic E-state index is -0.184. The molecular weight excluding hydrogens is 284 g/mol. The van der Waals surface area contributed by atoms with Gasteiger partial charge in [0.05, 0.1) is 12.6 Å². The van der Waals surface area contributed by atoms with Gasteiger partial charge in [0.25, 0.3) is 0 Å². The first-order valence-corrected chi connectivity index (χ1v) is 6.36. The highest BCUT2D eigenvalue weighted by Crippen LogP contribution is 2.20. The molecule has 0 bridgehead atoms. The second-order valence-corrected chi connectivity index (χ2v) is 4.98. The molecule has 17 heavy (non-hydrogen) atoms. The van der Waals surface area contributed by atoms with Crippen LogP contribution in [0.3, 0.4) is 0 Å². The third-order valence-electron chi connectivity index (χ3n) is 2.69. The number of benzene rings is 1. The Morgan fingerprint density at radius 3 is 3.00 bits per heavy atom. The Morgan fingerprint density at radius 1 is 1.53 bits per heavy atom. The zero-order valence-electron chi connectivity index (χ0n) is 9.63. The van der Waals surface area contributed by atoms with E-state index in [2.05, 4.69) is 26.6 Å². The summed E-state index contributed by atoms with van der Waals surface area (Å²) < 4.78 is 6.18. The molecule has 0 radical (unpaired) electrons. The maximum absolute atomic E-state index is 11.7. The molecular formula is C12H15BrN2O2. The summed E-state index contributed by atoms with van der Waals surface area (Å²) in [6.07, 6.45) is 0.880. The van der Waals surface area contributed by atoms with Gasteiger partial charge in [0.2, 0.25) is 0 Å². The Balaban J connectivity index is 1.90. The van der Waals surface area contributed by atoms with Crippen LogP contribution in [0.15, 0.2) is 22.7 Å². The zero-order valence-corrected chi connectivity index (χ0v) is 11.2. The molecule has 1 saturated heterocycles. The smallest absolute Gasteiger partial charge is 0.319 e. The van der Waals surface area contributed by atoms with Gasteiger partial charge in [-0.3, -0.25) is 0 Å². The molecule has 4 nitrogen and oxygen atoms in total. The van der Waals surface area contributed by atoms with Gasteiger partial charge in [-0.15, -0.1) is 0 Å². The lowest BCUT2D eigenvalue weighted by Crippen LogP contribution is -2.38. The van der Waals surface area contributed by atoms with Gasteiger partial charge in [-0.1, -0.05) is 22.0 Å². The normalized spacial score (nSPS) is 19.1. The molecule has 2 N–H and O–H groups in total. The van der Waals surface area contributed by atoms with Gasteiger partial charge >= 0.3 is 6.03 Å². The molecule has 1 aromatic carbocycles. The molecule has 0 saturated carbocycles. The molecule has 1 aromatic rings. The van der Waals surface area contributed by atoms with Crippen LogP contribution in [0, 0.1) is 6.92 Å². The second kappa shape index (κ2) is 5.51. The fourth-order valence-corrected chi connectivity index (χ4v) is 2.05. The summed E-state index contributed by atoms with van der Waals surface area (Å²) in [6.45, 7) is 3.33. The molecule has 1 aliphatic rings. The van der Waals surface area contributed by atoms with Crippen LogP contribution in [-0.4, -0.2) is 25.3 Å². The summed E-state index contributed by atoms with van der Waals surface area (Å²) in [6, 6.07) is 5.67. The van der Waals surface area contributed by atoms with Crippen LogP contribution in [0.2, 0.25) is 0 Å². The van der Waals surface area contributed by atoms with E-state index < -0.39 is 0 Å². The summed E-state index contributed by atoms with van der Waals surface area (Å²) in [7, 11) is 0. The molecule has 0 spiro atoms. The number of aryl methyl sites for hydroxylation is 1. The van der Waals surface area contributed by atoms with Gasteiger partial charge in [-0.2, -0.15) is 0 Å². The Morgan fingerprint density at radius 2 is 2.35 bits per heavy atom. The van der Waals surface area contributed by atoms with Crippen molar-refractivity contribution in [3.8, 4) is 0 Å². The molecule has 1 aliphatic heterocycles. The molecule has 1 fully saturated rings. The minimum Gasteiger partial charge on any atom is -0.379 e. The Hall–Kier alpha value is -1.07. The van der Waals surface area contributed by atoms with Crippen LogP contribution in [0.25, 0.3) is 0 Å². The number of carbonyl (C=O) groups is 1. The number of halogens is 1. The van der Waals surface area contributed by atoms with Crippen molar-refractivity contribution < 1.29 is 9.53 Å². The maximum atomic E-state index is 11.7. The molecule has 2 amide bonds. The number of anilines is 1. The average Bonchev–Trinajstić information content (AvgIpc) is 2.76. The Kier molecular flexibility index (Phi) is 4.02. The summed E-state index contributed by atoms with van der Waals surface area (Å²) in [4.78, 5) is 11.7. The van der Waals surface area contributed by atoms with Gasteiger partial charge in [0.15, 0.2) is 0 Å². The van der Waals surface area contributed by atoms with Crippen molar-refractivity contribution in [3.05, 3.63) is 28.2 Å². The van der Waals surface area contributed by atoms with Gasteiger partial charge in [-0.25, -0.2) is 4.79 Å². The number of carbonyl (C=O) groups excluding carboxylic acids is 1. The fourth-order valence-electron chi connectivity index (χ4n) is 1.67. The SMILES string of the molecule is Cc1ccc(NC(=O)NC2CCOC2)cc1Br. The first kappa shape index (κ1) is 12.4. The summed E-state index contributed by atoms with van der Waals surface area (Å²) in [5.41, 5.74) is 1.92. The van der Waals surface area contributed by atoms with Crippen LogP contribution in [0.5, 0.6) is 0 Å². The van der Waals surface area contributed by atoms with Crippen LogP contribution >= 0.6 is 15.9 Å². The maximum Gasteiger partial charge on any atom is 0.319 e. The first-order valence-electron chi connectivity index (χ1n) is 5.56. The highest BCUT2D eigenvalue weighted by atomic mass is 79.9. The number of ether oxygens (including phenoxy) is 1. The number of hydrogen-bond acceptors (Lipinski definition) is 2. The van der Waals surface area contributed by atoms with E-state index in [1.807, 2.05) is 25.1 Å².